The molecule has 1 aliphatic heterocycles. The number of aliphatic hydroxyl groups excluding tert-OH is 3. The van der Waals surface area contributed by atoms with E-state index >= 15 is 9.90 Å². The number of allylic oxidation sites excluding steroid dienone is 6. The molecule has 1 aromatic carbocycles. The number of aldehydes is 1. The van der Waals surface area contributed by atoms with Crippen LogP contribution in [0.3, 0.4) is 0 Å². The van der Waals surface area contributed by atoms with E-state index in [-0.39, 0.29) is 48.7 Å². The number of nitrogens with one attached hydrogen (secondary N) is 1. The average Bonchev–Trinajstić information content (AvgIpc) is 4.22. The van der Waals surface area contributed by atoms with E-state index in [4.69, 9.17) is 4.74 Å². The Kier molecular flexibility index (Phi) is 9.46. The molecule has 15 aliphatic rings. The first kappa shape index (κ1) is 45.0. The summed E-state index contributed by atoms with van der Waals surface area (Å²) in [4.78, 5) is 29.6. The first-order chi connectivity index (χ1) is 34.3. The number of likely N-dealkylation sites (N-methyl/N-ethyl adjacent to an activating group) is 1. The molecule has 0 radical (unpaired) electrons. The molecule has 22 atom stereocenters. The number of esters is 1. The van der Waals surface area contributed by atoms with Gasteiger partial charge in [0.2, 0.25) is 0 Å². The van der Waals surface area contributed by atoms with Crippen molar-refractivity contribution in [2.45, 2.75) is 163 Å². The highest BCUT2D eigenvalue weighted by Gasteiger charge is 2.91. The highest BCUT2D eigenvalue weighted by molar-refractivity contribution is 5.86. The van der Waals surface area contributed by atoms with Crippen LogP contribution < -0.4 is 5.32 Å². The number of carbonyl (C=O) groups is 2. The van der Waals surface area contributed by atoms with Gasteiger partial charge in [0.25, 0.3) is 0 Å². The summed E-state index contributed by atoms with van der Waals surface area (Å²) in [5.74, 6) is 3.29. The normalized spacial score (nSPS) is 53.2. The van der Waals surface area contributed by atoms with E-state index in [0.29, 0.717) is 62.7 Å². The third-order valence-electron chi connectivity index (χ3n) is 24.9. The van der Waals surface area contributed by atoms with Gasteiger partial charge in [-0.25, -0.2) is 4.79 Å². The van der Waals surface area contributed by atoms with Crippen molar-refractivity contribution in [1.82, 2.24) is 5.32 Å². The Labute approximate surface area is 417 Å². The number of benzene rings is 1. The molecule has 0 amide bonds. The fourth-order valence-corrected chi connectivity index (χ4v) is 23.0. The summed E-state index contributed by atoms with van der Waals surface area (Å²) in [5, 5.41) is 87.1. The first-order valence-corrected chi connectivity index (χ1v) is 28.2. The van der Waals surface area contributed by atoms with Gasteiger partial charge in [-0.3, -0.25) is 0 Å². The van der Waals surface area contributed by atoms with Crippen molar-refractivity contribution in [1.29, 1.82) is 0 Å². The van der Waals surface area contributed by atoms with Gasteiger partial charge in [-0.2, -0.15) is 0 Å². The van der Waals surface area contributed by atoms with Gasteiger partial charge in [-0.15, -0.1) is 0 Å². The van der Waals surface area contributed by atoms with Gasteiger partial charge in [-0.05, 0) is 172 Å². The van der Waals surface area contributed by atoms with Crippen molar-refractivity contribution in [2.75, 3.05) is 7.05 Å². The van der Waals surface area contributed by atoms with Crippen molar-refractivity contribution in [2.24, 2.45) is 93.2 Å². The molecule has 0 aromatic heterocycles. The molecule has 10 heteroatoms. The van der Waals surface area contributed by atoms with Crippen LogP contribution in [0.1, 0.15) is 126 Å². The minimum atomic E-state index is -2.27. The number of hydrogen-bond acceptors (Lipinski definition) is 10. The highest BCUT2D eigenvalue weighted by Crippen LogP contribution is 2.85. The smallest absolute Gasteiger partial charge is 0.331 e. The van der Waals surface area contributed by atoms with Crippen molar-refractivity contribution in [3.8, 4) is 11.8 Å². The molecule has 10 nitrogen and oxygen atoms in total. The van der Waals surface area contributed by atoms with Gasteiger partial charge in [0.15, 0.2) is 0 Å². The molecule has 1 heterocycles. The van der Waals surface area contributed by atoms with Crippen molar-refractivity contribution >= 4 is 12.3 Å². The minimum Gasteiger partial charge on any atom is -0.454 e. The summed E-state index contributed by atoms with van der Waals surface area (Å²) >= 11 is 0. The van der Waals surface area contributed by atoms with Crippen LogP contribution in [0.25, 0.3) is 0 Å². The molecule has 6 bridgehead atoms. The lowest BCUT2D eigenvalue weighted by atomic mass is 9.26. The fraction of sp³-hybridized carbons (Fsp3) is 0.705. The number of carbonyl (C=O) groups excluding carboxylic acids is 2. The molecular formula is C61H73NO9. The zero-order chi connectivity index (χ0) is 48.4. The van der Waals surface area contributed by atoms with E-state index in [2.05, 4.69) is 35.4 Å². The van der Waals surface area contributed by atoms with Gasteiger partial charge in [-0.1, -0.05) is 73.5 Å². The number of fused-ring (bicyclic) bond motifs is 7. The molecule has 2 spiro atoms. The van der Waals surface area contributed by atoms with Crippen LogP contribution in [0.15, 0.2) is 64.8 Å². The Bertz CT molecular complexity index is 2720. The Morgan fingerprint density at radius 3 is 2.55 bits per heavy atom. The van der Waals surface area contributed by atoms with Gasteiger partial charge in [0.1, 0.15) is 23.6 Å². The van der Waals surface area contributed by atoms with E-state index in [1.807, 2.05) is 25.2 Å². The molecule has 1 aromatic rings. The predicted molar refractivity (Wildman–Crippen MR) is 262 cm³/mol. The monoisotopic (exact) mass is 964 g/mol. The topological polar surface area (TPSA) is 177 Å². The molecule has 14 aliphatic carbocycles. The maximum absolute atomic E-state index is 15.7. The van der Waals surface area contributed by atoms with Gasteiger partial charge >= 0.3 is 5.97 Å². The number of rotatable bonds is 4. The molecule has 0 unspecified atom stereocenters. The maximum Gasteiger partial charge on any atom is 0.331 e. The number of ether oxygens (including phenoxy) is 1. The van der Waals surface area contributed by atoms with Gasteiger partial charge < -0.3 is 45.5 Å². The lowest BCUT2D eigenvalue weighted by Gasteiger charge is -2.79. The van der Waals surface area contributed by atoms with Crippen LogP contribution in [0.2, 0.25) is 0 Å². The van der Waals surface area contributed by atoms with Crippen LogP contribution >= 0.6 is 0 Å². The zero-order valence-corrected chi connectivity index (χ0v) is 41.3. The summed E-state index contributed by atoms with van der Waals surface area (Å²) in [5.41, 5.74) is -2.53. The zero-order valence-electron chi connectivity index (χ0n) is 41.3. The summed E-state index contributed by atoms with van der Waals surface area (Å²) < 4.78 is 6.43. The van der Waals surface area contributed by atoms with E-state index in [1.165, 1.54) is 18.4 Å². The van der Waals surface area contributed by atoms with Crippen molar-refractivity contribution in [3.05, 3.63) is 81.5 Å². The van der Waals surface area contributed by atoms with Gasteiger partial charge in [0, 0.05) is 64.5 Å². The lowest BCUT2D eigenvalue weighted by Crippen LogP contribution is -2.90. The summed E-state index contributed by atoms with van der Waals surface area (Å²) in [6.07, 6.45) is 19.7. The third kappa shape index (κ3) is 5.09. The second-order valence-corrected chi connectivity index (χ2v) is 26.5. The Balaban J connectivity index is 0.992. The Hall–Kier alpha value is -3.40. The second kappa shape index (κ2) is 14.9. The van der Waals surface area contributed by atoms with E-state index in [0.717, 1.165) is 91.1 Å². The highest BCUT2D eigenvalue weighted by atomic mass is 16.5. The molecular weight excluding hydrogens is 891 g/mol. The second-order valence-electron chi connectivity index (χ2n) is 26.5. The van der Waals surface area contributed by atoms with E-state index in [1.54, 1.807) is 6.08 Å². The van der Waals surface area contributed by atoms with Gasteiger partial charge in [0.05, 0.1) is 29.8 Å². The molecule has 9 saturated carbocycles. The van der Waals surface area contributed by atoms with Crippen LogP contribution in [-0.2, 0) is 27.4 Å². The van der Waals surface area contributed by atoms with Crippen LogP contribution in [0, 0.1) is 105 Å². The molecule has 376 valence electrons. The summed E-state index contributed by atoms with van der Waals surface area (Å²) in [6, 6.07) is 5.69. The minimum absolute atomic E-state index is 0.0382. The average molecular weight is 964 g/mol. The van der Waals surface area contributed by atoms with Crippen LogP contribution in [-0.4, -0.2) is 91.1 Å². The predicted octanol–water partition coefficient (Wildman–Crippen LogP) is 6.18. The third-order valence-corrected chi connectivity index (χ3v) is 24.9. The lowest BCUT2D eigenvalue weighted by molar-refractivity contribution is -0.403. The Morgan fingerprint density at radius 1 is 0.915 bits per heavy atom. The summed E-state index contributed by atoms with van der Waals surface area (Å²) in [7, 11) is 1.93. The van der Waals surface area contributed by atoms with Crippen molar-refractivity contribution in [3.63, 3.8) is 0 Å². The maximum atomic E-state index is 15.7. The molecule has 7 N–H and O–H groups in total. The SMILES string of the molecule is CN[C@H]1Cc2c(cccc2CO)C#CCC[C@]23C[C@@H]4C5=CCC6=C5[C@H]5[C@@]7(CC[C@H](C6)C7)[C@H](O)[C@H]6C[C@H]7C=CC[C@@H](C8CCCC8)[C@H]7C[C@@H]7[C@@H](O)[C@](O)([C@H]4[C@]5(C=O)[C@@]67O)[C@@]2(O)C[C@@H]2C[C@H]1[C@@H]1OC(=O)C=C1[C@@H]23. The molecule has 71 heavy (non-hydrogen) atoms. The summed E-state index contributed by atoms with van der Waals surface area (Å²) in [6.45, 7) is -0.131. The van der Waals surface area contributed by atoms with Crippen LogP contribution in [0.5, 0.6) is 0 Å². The van der Waals surface area contributed by atoms with E-state index < -0.39 is 86.9 Å². The molecule has 16 rings (SSSR count). The standard InChI is InChI=1S/C61H73NO9/c1-62-47-24-40-33(11-6-13-36(40)29-63)10-4-5-18-57-28-44-39-16-15-35-20-31-17-19-56(26-31)53(49(35)39)58(30-64)52(44)61(70,59(57,68)27-37-21-42(47)51-43(50(37)57)25-48(65)71-51)55(67)46-23-41-34(22-45(54(56)66)60(46,58)69)12-7-14-38(41)32-8-2-3-9-32/h6-7,11-13,16,25,30-32,34,37-38,41-42,44-47,50-55,62-63,66-70H,2-3,5,8-9,14-15,17-24,26-29H2,1H3/t31-,34-,37+,38+,41+,42-,44-,45-,46-,47+,50-,51+,52-,53+,54-,55-,56+,57-,58+,59-,60-,61-/m1/s1. The molecule has 0 saturated heterocycles. The largest absolute Gasteiger partial charge is 0.454 e. The van der Waals surface area contributed by atoms with Crippen molar-refractivity contribution < 1.29 is 45.0 Å². The fourth-order valence-electron chi connectivity index (χ4n) is 23.0. The quantitative estimate of drug-likeness (QED) is 0.0799. The van der Waals surface area contributed by atoms with E-state index in [9.17, 15) is 30.3 Å². The Morgan fingerprint density at radius 2 is 1.75 bits per heavy atom. The van der Waals surface area contributed by atoms with Crippen LogP contribution in [0.4, 0.5) is 0 Å². The first-order valence-electron chi connectivity index (χ1n) is 28.2. The number of hydrogen-bond donors (Lipinski definition) is 7. The molecule has 9 fully saturated rings. The number of aliphatic hydroxyl groups is 6.